The highest BCUT2D eigenvalue weighted by atomic mass is 16.6. The molecule has 0 aromatic carbocycles. The molecule has 3 N–H and O–H groups in total. The molecule has 0 radical (unpaired) electrons. The molecule has 0 atom stereocenters. The summed E-state index contributed by atoms with van der Waals surface area (Å²) in [6, 6.07) is 2.65. The number of nitrogens with one attached hydrogen (secondary N) is 1. The van der Waals surface area contributed by atoms with E-state index in [0.29, 0.717) is 31.7 Å². The molecule has 8 heteroatoms. The molecule has 1 aliphatic heterocycles. The zero-order chi connectivity index (χ0) is 14.7. The van der Waals surface area contributed by atoms with Crippen LogP contribution in [0.4, 0.5) is 17.3 Å². The van der Waals surface area contributed by atoms with Crippen LogP contribution in [-0.2, 0) is 4.79 Å². The predicted molar refractivity (Wildman–Crippen MR) is 74.3 cm³/mol. The molecular formula is C12H17N5O3. The number of amides is 1. The molecule has 1 fully saturated rings. The van der Waals surface area contributed by atoms with E-state index in [1.165, 1.54) is 12.1 Å². The van der Waals surface area contributed by atoms with Crippen LogP contribution in [0.5, 0.6) is 0 Å². The molecule has 1 saturated heterocycles. The molecule has 1 aromatic rings. The summed E-state index contributed by atoms with van der Waals surface area (Å²) in [7, 11) is 1.62. The second-order valence-electron chi connectivity index (χ2n) is 4.74. The number of nitrogen functional groups attached to an aromatic ring is 1. The average molecular weight is 279 g/mol. The van der Waals surface area contributed by atoms with Gasteiger partial charge in [0.1, 0.15) is 11.6 Å². The molecule has 2 heterocycles. The maximum atomic E-state index is 11.6. The molecule has 0 unspecified atom stereocenters. The van der Waals surface area contributed by atoms with E-state index in [2.05, 4.69) is 10.3 Å². The molecule has 0 aliphatic carbocycles. The fraction of sp³-hybridized carbons (Fsp3) is 0.500. The van der Waals surface area contributed by atoms with Gasteiger partial charge in [-0.3, -0.25) is 14.9 Å². The van der Waals surface area contributed by atoms with Gasteiger partial charge >= 0.3 is 0 Å². The van der Waals surface area contributed by atoms with E-state index in [-0.39, 0.29) is 23.3 Å². The van der Waals surface area contributed by atoms with Gasteiger partial charge < -0.3 is 16.0 Å². The summed E-state index contributed by atoms with van der Waals surface area (Å²) in [5, 5.41) is 13.5. The smallest absolute Gasteiger partial charge is 0.276 e. The van der Waals surface area contributed by atoms with E-state index in [4.69, 9.17) is 5.73 Å². The number of pyridine rings is 1. The Hall–Kier alpha value is -2.38. The monoisotopic (exact) mass is 279 g/mol. The SMILES string of the molecule is CNC(=O)C1CCN(c2cc([N+](=O)[O-])cc(N)n2)CC1. The van der Waals surface area contributed by atoms with Crippen LogP contribution in [0.15, 0.2) is 12.1 Å². The number of anilines is 2. The number of nitrogens with zero attached hydrogens (tertiary/aromatic N) is 3. The topological polar surface area (TPSA) is 114 Å². The molecule has 20 heavy (non-hydrogen) atoms. The number of aromatic nitrogens is 1. The van der Waals surface area contributed by atoms with Crippen molar-refractivity contribution in [2.75, 3.05) is 30.8 Å². The zero-order valence-corrected chi connectivity index (χ0v) is 11.2. The van der Waals surface area contributed by atoms with Crippen molar-refractivity contribution >= 4 is 23.2 Å². The van der Waals surface area contributed by atoms with E-state index < -0.39 is 4.92 Å². The Balaban J connectivity index is 2.10. The van der Waals surface area contributed by atoms with Crippen molar-refractivity contribution < 1.29 is 9.72 Å². The quantitative estimate of drug-likeness (QED) is 0.616. The summed E-state index contributed by atoms with van der Waals surface area (Å²) in [6.45, 7) is 1.26. The number of carbonyl (C=O) groups excluding carboxylic acids is 1. The minimum Gasteiger partial charge on any atom is -0.383 e. The van der Waals surface area contributed by atoms with E-state index in [1.54, 1.807) is 7.05 Å². The van der Waals surface area contributed by atoms with Gasteiger partial charge in [0.05, 0.1) is 17.1 Å². The Morgan fingerprint density at radius 1 is 1.50 bits per heavy atom. The lowest BCUT2D eigenvalue weighted by Crippen LogP contribution is -2.40. The fourth-order valence-corrected chi connectivity index (χ4v) is 2.36. The second-order valence-corrected chi connectivity index (χ2v) is 4.74. The molecule has 8 nitrogen and oxygen atoms in total. The van der Waals surface area contributed by atoms with Gasteiger partial charge in [-0.15, -0.1) is 0 Å². The van der Waals surface area contributed by atoms with Crippen LogP contribution < -0.4 is 16.0 Å². The number of carbonyl (C=O) groups is 1. The zero-order valence-electron chi connectivity index (χ0n) is 11.2. The molecule has 0 bridgehead atoms. The molecule has 2 rings (SSSR count). The van der Waals surface area contributed by atoms with Crippen molar-refractivity contribution in [3.05, 3.63) is 22.2 Å². The molecule has 1 aliphatic rings. The Morgan fingerprint density at radius 2 is 2.15 bits per heavy atom. The first-order valence-corrected chi connectivity index (χ1v) is 6.39. The summed E-state index contributed by atoms with van der Waals surface area (Å²) in [5.74, 6) is 0.651. The lowest BCUT2D eigenvalue weighted by molar-refractivity contribution is -0.384. The summed E-state index contributed by atoms with van der Waals surface area (Å²) in [5.41, 5.74) is 5.53. The molecule has 0 saturated carbocycles. The minimum atomic E-state index is -0.487. The fourth-order valence-electron chi connectivity index (χ4n) is 2.36. The van der Waals surface area contributed by atoms with Gasteiger partial charge in [0.2, 0.25) is 5.91 Å². The average Bonchev–Trinajstić information content (AvgIpc) is 2.46. The highest BCUT2D eigenvalue weighted by Crippen LogP contribution is 2.26. The Labute approximate surface area is 116 Å². The normalized spacial score (nSPS) is 15.9. The third-order valence-electron chi connectivity index (χ3n) is 3.46. The van der Waals surface area contributed by atoms with Crippen molar-refractivity contribution in [1.82, 2.24) is 10.3 Å². The highest BCUT2D eigenvalue weighted by molar-refractivity contribution is 5.78. The van der Waals surface area contributed by atoms with Crippen molar-refractivity contribution in [1.29, 1.82) is 0 Å². The van der Waals surface area contributed by atoms with Crippen molar-refractivity contribution in [2.45, 2.75) is 12.8 Å². The first-order chi connectivity index (χ1) is 9.51. The molecule has 1 aromatic heterocycles. The number of nitrogens with two attached hydrogens (primary N) is 1. The van der Waals surface area contributed by atoms with Crippen LogP contribution in [-0.4, -0.2) is 36.0 Å². The Bertz CT molecular complexity index is 526. The second kappa shape index (κ2) is 5.72. The first-order valence-electron chi connectivity index (χ1n) is 6.39. The third kappa shape index (κ3) is 2.95. The predicted octanol–water partition coefficient (Wildman–Crippen LogP) is 0.534. The molecule has 1 amide bonds. The van der Waals surface area contributed by atoms with Gasteiger partial charge in [0, 0.05) is 26.1 Å². The standard InChI is InChI=1S/C12H17N5O3/c1-14-12(18)8-2-4-16(5-3-8)11-7-9(17(19)20)6-10(13)15-11/h6-8H,2-5H2,1H3,(H2,13,15)(H,14,18). The number of hydrogen-bond acceptors (Lipinski definition) is 6. The van der Waals surface area contributed by atoms with Crippen LogP contribution in [0.1, 0.15) is 12.8 Å². The van der Waals surface area contributed by atoms with E-state index in [9.17, 15) is 14.9 Å². The summed E-state index contributed by atoms with van der Waals surface area (Å²) in [6.07, 6.45) is 1.40. The van der Waals surface area contributed by atoms with Crippen LogP contribution in [0.3, 0.4) is 0 Å². The van der Waals surface area contributed by atoms with Crippen molar-refractivity contribution in [3.63, 3.8) is 0 Å². The number of nitro groups is 1. The van der Waals surface area contributed by atoms with Crippen LogP contribution in [0.25, 0.3) is 0 Å². The van der Waals surface area contributed by atoms with Crippen LogP contribution >= 0.6 is 0 Å². The summed E-state index contributed by atoms with van der Waals surface area (Å²) < 4.78 is 0. The van der Waals surface area contributed by atoms with Gasteiger partial charge in [0.25, 0.3) is 5.69 Å². The minimum absolute atomic E-state index is 0.00713. The number of hydrogen-bond donors (Lipinski definition) is 2. The lowest BCUT2D eigenvalue weighted by atomic mass is 9.96. The number of piperidine rings is 1. The van der Waals surface area contributed by atoms with E-state index in [1.807, 2.05) is 4.90 Å². The van der Waals surface area contributed by atoms with Crippen molar-refractivity contribution in [3.8, 4) is 0 Å². The van der Waals surface area contributed by atoms with Crippen LogP contribution in [0.2, 0.25) is 0 Å². The van der Waals surface area contributed by atoms with Gasteiger partial charge in [0.15, 0.2) is 0 Å². The van der Waals surface area contributed by atoms with E-state index in [0.717, 1.165) is 0 Å². The summed E-state index contributed by atoms with van der Waals surface area (Å²) >= 11 is 0. The van der Waals surface area contributed by atoms with E-state index >= 15 is 0 Å². The van der Waals surface area contributed by atoms with Crippen molar-refractivity contribution in [2.24, 2.45) is 5.92 Å². The summed E-state index contributed by atoms with van der Waals surface area (Å²) in [4.78, 5) is 27.9. The largest absolute Gasteiger partial charge is 0.383 e. The van der Waals surface area contributed by atoms with Gasteiger partial charge in [-0.1, -0.05) is 0 Å². The maximum Gasteiger partial charge on any atom is 0.276 e. The maximum absolute atomic E-state index is 11.6. The molecule has 108 valence electrons. The van der Waals surface area contributed by atoms with Gasteiger partial charge in [-0.25, -0.2) is 4.98 Å². The van der Waals surface area contributed by atoms with Crippen LogP contribution in [0, 0.1) is 16.0 Å². The Morgan fingerprint density at radius 3 is 2.70 bits per heavy atom. The molecular weight excluding hydrogens is 262 g/mol. The number of rotatable bonds is 3. The molecule has 0 spiro atoms. The highest BCUT2D eigenvalue weighted by Gasteiger charge is 2.25. The Kier molecular flexibility index (Phi) is 4.02. The lowest BCUT2D eigenvalue weighted by Gasteiger charge is -2.31. The van der Waals surface area contributed by atoms with Gasteiger partial charge in [-0.2, -0.15) is 0 Å². The third-order valence-corrected chi connectivity index (χ3v) is 3.46. The van der Waals surface area contributed by atoms with Gasteiger partial charge in [-0.05, 0) is 12.8 Å². The first kappa shape index (κ1) is 14.0.